The number of hydrogen-bond donors (Lipinski definition) is 0. The van der Waals surface area contributed by atoms with Crippen LogP contribution in [-0.2, 0) is 11.2 Å². The van der Waals surface area contributed by atoms with Gasteiger partial charge in [-0.25, -0.2) is 4.98 Å². The molecule has 1 aromatic heterocycles. The molecule has 0 N–H and O–H groups in total. The zero-order chi connectivity index (χ0) is 17.4. The van der Waals surface area contributed by atoms with Crippen molar-refractivity contribution < 1.29 is 4.74 Å². The number of pyridine rings is 1. The molecule has 0 saturated carbocycles. The molecular formula is C20H35N3O. The van der Waals surface area contributed by atoms with Crippen molar-refractivity contribution in [2.45, 2.75) is 47.0 Å². The first-order valence-electron chi connectivity index (χ1n) is 9.48. The molecular weight excluding hydrogens is 298 g/mol. The molecule has 4 heteroatoms. The Balaban J connectivity index is 1.59. The third kappa shape index (κ3) is 6.78. The van der Waals surface area contributed by atoms with E-state index in [1.165, 1.54) is 12.0 Å². The summed E-state index contributed by atoms with van der Waals surface area (Å²) < 4.78 is 5.80. The van der Waals surface area contributed by atoms with Crippen molar-refractivity contribution in [1.82, 2.24) is 9.88 Å². The monoisotopic (exact) mass is 333 g/mol. The molecule has 2 rings (SSSR count). The molecule has 1 saturated heterocycles. The summed E-state index contributed by atoms with van der Waals surface area (Å²) in [5.41, 5.74) is 1.73. The molecule has 1 aliphatic rings. The summed E-state index contributed by atoms with van der Waals surface area (Å²) in [5.74, 6) is 1.12. The van der Waals surface area contributed by atoms with E-state index in [0.717, 1.165) is 64.6 Å². The van der Waals surface area contributed by atoms with Gasteiger partial charge in [-0.3, -0.25) is 4.90 Å². The summed E-state index contributed by atoms with van der Waals surface area (Å²) in [6.07, 6.45) is 5.45. The number of nitrogens with zero attached hydrogens (tertiary/aromatic N) is 3. The van der Waals surface area contributed by atoms with Crippen molar-refractivity contribution >= 4 is 5.82 Å². The Labute approximate surface area is 148 Å². The molecule has 1 aliphatic heterocycles. The lowest BCUT2D eigenvalue weighted by atomic mass is 9.91. The predicted molar refractivity (Wildman–Crippen MR) is 102 cm³/mol. The van der Waals surface area contributed by atoms with Crippen LogP contribution in [0, 0.1) is 5.41 Å². The summed E-state index contributed by atoms with van der Waals surface area (Å²) >= 11 is 0. The highest BCUT2D eigenvalue weighted by Crippen LogP contribution is 2.20. The van der Waals surface area contributed by atoms with Crippen LogP contribution in [0.2, 0.25) is 0 Å². The van der Waals surface area contributed by atoms with E-state index in [1.807, 2.05) is 6.20 Å². The van der Waals surface area contributed by atoms with E-state index < -0.39 is 0 Å². The van der Waals surface area contributed by atoms with Crippen LogP contribution in [0.25, 0.3) is 0 Å². The van der Waals surface area contributed by atoms with Crippen LogP contribution >= 0.6 is 0 Å². The molecule has 0 atom stereocenters. The van der Waals surface area contributed by atoms with E-state index >= 15 is 0 Å². The lowest BCUT2D eigenvalue weighted by molar-refractivity contribution is 0.0939. The standard InChI is InChI=1S/C20H35N3O/c1-5-18-7-8-19(21-17-18)23-12-10-22(11-13-23)14-16-24-15-6-9-20(2,3)4/h7-8,17H,5-6,9-16H2,1-4H3. The van der Waals surface area contributed by atoms with Gasteiger partial charge < -0.3 is 9.64 Å². The van der Waals surface area contributed by atoms with Crippen LogP contribution in [0.1, 0.15) is 46.1 Å². The highest BCUT2D eigenvalue weighted by molar-refractivity contribution is 5.39. The van der Waals surface area contributed by atoms with E-state index in [2.05, 4.69) is 54.6 Å². The van der Waals surface area contributed by atoms with Gasteiger partial charge in [0.05, 0.1) is 6.61 Å². The number of hydrogen-bond acceptors (Lipinski definition) is 4. The first-order valence-corrected chi connectivity index (χ1v) is 9.48. The molecule has 0 amide bonds. The van der Waals surface area contributed by atoms with Crippen LogP contribution in [0.4, 0.5) is 5.82 Å². The third-order valence-electron chi connectivity index (χ3n) is 4.68. The topological polar surface area (TPSA) is 28.6 Å². The van der Waals surface area contributed by atoms with Crippen molar-refractivity contribution in [3.8, 4) is 0 Å². The quantitative estimate of drug-likeness (QED) is 0.680. The molecule has 2 heterocycles. The number of ether oxygens (including phenoxy) is 1. The van der Waals surface area contributed by atoms with Gasteiger partial charge in [-0.15, -0.1) is 0 Å². The van der Waals surface area contributed by atoms with Gasteiger partial charge in [0, 0.05) is 45.5 Å². The van der Waals surface area contributed by atoms with Crippen molar-refractivity contribution in [2.75, 3.05) is 50.8 Å². The largest absolute Gasteiger partial charge is 0.380 e. The first kappa shape index (κ1) is 19.2. The minimum absolute atomic E-state index is 0.420. The van der Waals surface area contributed by atoms with Gasteiger partial charge in [-0.05, 0) is 36.3 Å². The highest BCUT2D eigenvalue weighted by Gasteiger charge is 2.17. The fraction of sp³-hybridized carbons (Fsp3) is 0.750. The zero-order valence-corrected chi connectivity index (χ0v) is 16.1. The summed E-state index contributed by atoms with van der Waals surface area (Å²) in [6.45, 7) is 16.1. The molecule has 0 aromatic carbocycles. The highest BCUT2D eigenvalue weighted by atomic mass is 16.5. The lowest BCUT2D eigenvalue weighted by Gasteiger charge is -2.35. The second-order valence-electron chi connectivity index (χ2n) is 7.98. The van der Waals surface area contributed by atoms with Crippen molar-refractivity contribution in [1.29, 1.82) is 0 Å². The van der Waals surface area contributed by atoms with E-state index in [-0.39, 0.29) is 0 Å². The first-order chi connectivity index (χ1) is 11.5. The Hall–Kier alpha value is -1.13. The van der Waals surface area contributed by atoms with E-state index in [0.29, 0.717) is 5.41 Å². The summed E-state index contributed by atoms with van der Waals surface area (Å²) in [7, 11) is 0. The minimum Gasteiger partial charge on any atom is -0.380 e. The van der Waals surface area contributed by atoms with Crippen LogP contribution in [0.15, 0.2) is 18.3 Å². The van der Waals surface area contributed by atoms with Crippen LogP contribution < -0.4 is 4.90 Å². The maximum absolute atomic E-state index is 5.80. The molecule has 136 valence electrons. The average Bonchev–Trinajstić information content (AvgIpc) is 2.58. The lowest BCUT2D eigenvalue weighted by Crippen LogP contribution is -2.47. The van der Waals surface area contributed by atoms with Crippen molar-refractivity contribution in [3.63, 3.8) is 0 Å². The maximum Gasteiger partial charge on any atom is 0.128 e. The number of anilines is 1. The van der Waals surface area contributed by atoms with Gasteiger partial charge in [-0.1, -0.05) is 33.8 Å². The third-order valence-corrected chi connectivity index (χ3v) is 4.68. The molecule has 1 aromatic rings. The van der Waals surface area contributed by atoms with Gasteiger partial charge in [-0.2, -0.15) is 0 Å². The fourth-order valence-electron chi connectivity index (χ4n) is 3.01. The number of aromatic nitrogens is 1. The van der Waals surface area contributed by atoms with Gasteiger partial charge in [0.25, 0.3) is 0 Å². The Morgan fingerprint density at radius 2 is 1.83 bits per heavy atom. The molecule has 0 spiro atoms. The zero-order valence-electron chi connectivity index (χ0n) is 16.1. The average molecular weight is 334 g/mol. The van der Waals surface area contributed by atoms with Gasteiger partial charge in [0.15, 0.2) is 0 Å². The predicted octanol–water partition coefficient (Wildman–Crippen LogP) is 3.61. The van der Waals surface area contributed by atoms with Gasteiger partial charge in [0.1, 0.15) is 5.82 Å². The van der Waals surface area contributed by atoms with Crippen molar-refractivity contribution in [3.05, 3.63) is 23.9 Å². The minimum atomic E-state index is 0.420. The molecule has 0 aliphatic carbocycles. The number of piperazine rings is 1. The van der Waals surface area contributed by atoms with Gasteiger partial charge >= 0.3 is 0 Å². The molecule has 0 radical (unpaired) electrons. The number of aryl methyl sites for hydroxylation is 1. The summed E-state index contributed by atoms with van der Waals surface area (Å²) in [5, 5.41) is 0. The fourth-order valence-corrected chi connectivity index (χ4v) is 3.01. The summed E-state index contributed by atoms with van der Waals surface area (Å²) in [6, 6.07) is 4.35. The Morgan fingerprint density at radius 3 is 2.42 bits per heavy atom. The Bertz CT molecular complexity index is 459. The van der Waals surface area contributed by atoms with Crippen LogP contribution in [0.5, 0.6) is 0 Å². The van der Waals surface area contributed by atoms with Crippen LogP contribution in [-0.4, -0.2) is 55.8 Å². The molecule has 0 unspecified atom stereocenters. The second kappa shape index (κ2) is 9.38. The Kier molecular flexibility index (Phi) is 7.50. The van der Waals surface area contributed by atoms with E-state index in [1.54, 1.807) is 0 Å². The molecule has 4 nitrogen and oxygen atoms in total. The van der Waals surface area contributed by atoms with Crippen molar-refractivity contribution in [2.24, 2.45) is 5.41 Å². The van der Waals surface area contributed by atoms with Gasteiger partial charge in [0.2, 0.25) is 0 Å². The normalized spacial score (nSPS) is 16.6. The molecule has 0 bridgehead atoms. The molecule has 24 heavy (non-hydrogen) atoms. The van der Waals surface area contributed by atoms with E-state index in [9.17, 15) is 0 Å². The van der Waals surface area contributed by atoms with Crippen LogP contribution in [0.3, 0.4) is 0 Å². The molecule has 1 fully saturated rings. The SMILES string of the molecule is CCc1ccc(N2CCN(CCOCCCC(C)(C)C)CC2)nc1. The van der Waals surface area contributed by atoms with E-state index in [4.69, 9.17) is 4.74 Å². The maximum atomic E-state index is 5.80. The second-order valence-corrected chi connectivity index (χ2v) is 7.98. The smallest absolute Gasteiger partial charge is 0.128 e. The summed E-state index contributed by atoms with van der Waals surface area (Å²) in [4.78, 5) is 9.49. The Morgan fingerprint density at radius 1 is 1.08 bits per heavy atom. The number of rotatable bonds is 8.